The molecule has 15 heavy (non-hydrogen) atoms. The number of carboxylic acids is 1. The monoisotopic (exact) mass is 272 g/mol. The summed E-state index contributed by atoms with van der Waals surface area (Å²) in [6.45, 7) is 1.51. The van der Waals surface area contributed by atoms with Crippen molar-refractivity contribution in [2.45, 2.75) is 19.4 Å². The van der Waals surface area contributed by atoms with E-state index in [1.54, 1.807) is 12.1 Å². The quantitative estimate of drug-likeness (QED) is 0.838. The van der Waals surface area contributed by atoms with E-state index in [0.717, 1.165) is 11.8 Å². The summed E-state index contributed by atoms with van der Waals surface area (Å²) >= 11 is 3.35. The summed E-state index contributed by atoms with van der Waals surface area (Å²) in [4.78, 5) is 10.5. The maximum atomic E-state index is 10.5. The number of rotatable bonds is 5. The van der Waals surface area contributed by atoms with Gasteiger partial charge in [-0.05, 0) is 31.0 Å². The lowest BCUT2D eigenvalue weighted by molar-refractivity contribution is -0.144. The van der Waals surface area contributed by atoms with E-state index in [1.807, 2.05) is 12.1 Å². The van der Waals surface area contributed by atoms with Gasteiger partial charge in [0, 0.05) is 5.33 Å². The Morgan fingerprint density at radius 1 is 1.47 bits per heavy atom. The second-order valence-electron chi connectivity index (χ2n) is 3.18. The molecule has 0 bridgehead atoms. The smallest absolute Gasteiger partial charge is 0.344 e. The largest absolute Gasteiger partial charge is 0.479 e. The van der Waals surface area contributed by atoms with Gasteiger partial charge in [-0.25, -0.2) is 4.79 Å². The van der Waals surface area contributed by atoms with Crippen LogP contribution in [0.25, 0.3) is 0 Å². The molecule has 0 aliphatic rings. The third kappa shape index (κ3) is 3.91. The summed E-state index contributed by atoms with van der Waals surface area (Å²) in [5.41, 5.74) is 1.20. The van der Waals surface area contributed by atoms with Gasteiger partial charge >= 0.3 is 5.97 Å². The molecule has 4 heteroatoms. The molecule has 0 saturated heterocycles. The Kier molecular flexibility index (Phi) is 4.62. The van der Waals surface area contributed by atoms with Crippen LogP contribution in [0.15, 0.2) is 24.3 Å². The minimum absolute atomic E-state index is 0.586. The number of ether oxygens (including phenoxy) is 1. The second kappa shape index (κ2) is 5.75. The van der Waals surface area contributed by atoms with E-state index in [9.17, 15) is 4.79 Å². The van der Waals surface area contributed by atoms with Crippen LogP contribution in [0.4, 0.5) is 0 Å². The molecule has 82 valence electrons. The van der Waals surface area contributed by atoms with Crippen molar-refractivity contribution in [1.82, 2.24) is 0 Å². The number of aryl methyl sites for hydroxylation is 1. The first-order valence-electron chi connectivity index (χ1n) is 4.68. The van der Waals surface area contributed by atoms with Crippen LogP contribution in [-0.4, -0.2) is 22.5 Å². The van der Waals surface area contributed by atoms with Crippen LogP contribution in [0, 0.1) is 0 Å². The van der Waals surface area contributed by atoms with Gasteiger partial charge in [-0.15, -0.1) is 0 Å². The Labute approximate surface area is 97.2 Å². The number of aliphatic carboxylic acids is 1. The molecule has 1 rings (SSSR count). The Hall–Kier alpha value is -1.03. The molecular formula is C11H13BrO3. The van der Waals surface area contributed by atoms with E-state index >= 15 is 0 Å². The maximum Gasteiger partial charge on any atom is 0.344 e. The van der Waals surface area contributed by atoms with E-state index in [-0.39, 0.29) is 0 Å². The molecule has 0 aliphatic heterocycles. The van der Waals surface area contributed by atoms with Crippen LogP contribution in [0.3, 0.4) is 0 Å². The number of carbonyl (C=O) groups is 1. The number of carboxylic acid groups (broad SMARTS) is 1. The zero-order chi connectivity index (χ0) is 11.3. The normalized spacial score (nSPS) is 12.1. The molecule has 0 aliphatic carbocycles. The van der Waals surface area contributed by atoms with Crippen LogP contribution < -0.4 is 4.74 Å². The molecule has 1 aromatic carbocycles. The minimum atomic E-state index is -0.959. The zero-order valence-corrected chi connectivity index (χ0v) is 10.0. The number of halogens is 1. The van der Waals surface area contributed by atoms with Gasteiger partial charge in [0.15, 0.2) is 6.10 Å². The van der Waals surface area contributed by atoms with Gasteiger partial charge in [0.05, 0.1) is 0 Å². The summed E-state index contributed by atoms with van der Waals surface area (Å²) in [6.07, 6.45) is 0.140. The fraction of sp³-hybridized carbons (Fsp3) is 0.364. The Bertz CT molecular complexity index is 321. The van der Waals surface area contributed by atoms with Gasteiger partial charge in [-0.3, -0.25) is 0 Å². The lowest BCUT2D eigenvalue weighted by Gasteiger charge is -2.10. The Morgan fingerprint density at radius 2 is 2.07 bits per heavy atom. The topological polar surface area (TPSA) is 46.5 Å². The summed E-state index contributed by atoms with van der Waals surface area (Å²) in [6, 6.07) is 7.45. The molecule has 1 N–H and O–H groups in total. The molecule has 0 aromatic heterocycles. The first kappa shape index (κ1) is 12.0. The van der Waals surface area contributed by atoms with E-state index in [4.69, 9.17) is 9.84 Å². The van der Waals surface area contributed by atoms with Gasteiger partial charge in [0.25, 0.3) is 0 Å². The van der Waals surface area contributed by atoms with Crippen molar-refractivity contribution in [1.29, 1.82) is 0 Å². The number of alkyl halides is 1. The zero-order valence-electron chi connectivity index (χ0n) is 8.44. The number of benzene rings is 1. The first-order valence-corrected chi connectivity index (χ1v) is 5.80. The fourth-order valence-corrected chi connectivity index (χ4v) is 1.56. The average molecular weight is 273 g/mol. The van der Waals surface area contributed by atoms with Crippen molar-refractivity contribution in [2.24, 2.45) is 0 Å². The standard InChI is InChI=1S/C11H13BrO3/c1-8(11(13)14)15-10-4-2-9(3-5-10)6-7-12/h2-5,8H,6-7H2,1H3,(H,13,14). The highest BCUT2D eigenvalue weighted by Crippen LogP contribution is 2.14. The molecule has 1 aromatic rings. The minimum Gasteiger partial charge on any atom is -0.479 e. The summed E-state index contributed by atoms with van der Waals surface area (Å²) < 4.78 is 5.20. The van der Waals surface area contributed by atoms with Crippen molar-refractivity contribution >= 4 is 21.9 Å². The van der Waals surface area contributed by atoms with Crippen LogP contribution in [0.1, 0.15) is 12.5 Å². The molecule has 0 spiro atoms. The van der Waals surface area contributed by atoms with Gasteiger partial charge in [-0.1, -0.05) is 28.1 Å². The molecule has 0 radical (unpaired) electrons. The molecule has 0 heterocycles. The van der Waals surface area contributed by atoms with Crippen LogP contribution in [0.5, 0.6) is 5.75 Å². The van der Waals surface area contributed by atoms with Gasteiger partial charge in [0.2, 0.25) is 0 Å². The Morgan fingerprint density at radius 3 is 2.53 bits per heavy atom. The molecule has 0 amide bonds. The van der Waals surface area contributed by atoms with Crippen molar-refractivity contribution in [3.8, 4) is 5.75 Å². The summed E-state index contributed by atoms with van der Waals surface area (Å²) in [7, 11) is 0. The molecule has 1 atom stereocenters. The summed E-state index contributed by atoms with van der Waals surface area (Å²) in [5, 5.41) is 9.57. The third-order valence-electron chi connectivity index (χ3n) is 1.97. The molecule has 3 nitrogen and oxygen atoms in total. The van der Waals surface area contributed by atoms with Gasteiger partial charge in [0.1, 0.15) is 5.75 Å². The lowest BCUT2D eigenvalue weighted by atomic mass is 10.2. The molecule has 0 saturated carbocycles. The summed E-state index contributed by atoms with van der Waals surface area (Å²) in [5.74, 6) is -0.372. The van der Waals surface area contributed by atoms with Crippen molar-refractivity contribution < 1.29 is 14.6 Å². The second-order valence-corrected chi connectivity index (χ2v) is 3.97. The van der Waals surface area contributed by atoms with Gasteiger partial charge in [-0.2, -0.15) is 0 Å². The molecule has 0 fully saturated rings. The van der Waals surface area contributed by atoms with Crippen molar-refractivity contribution in [3.63, 3.8) is 0 Å². The lowest BCUT2D eigenvalue weighted by Crippen LogP contribution is -2.22. The molecular weight excluding hydrogens is 260 g/mol. The predicted molar refractivity (Wildman–Crippen MR) is 61.7 cm³/mol. The fourth-order valence-electron chi connectivity index (χ4n) is 1.10. The maximum absolute atomic E-state index is 10.5. The van der Waals surface area contributed by atoms with E-state index in [1.165, 1.54) is 12.5 Å². The molecule has 1 unspecified atom stereocenters. The number of hydrogen-bond donors (Lipinski definition) is 1. The van der Waals surface area contributed by atoms with Crippen LogP contribution in [-0.2, 0) is 11.2 Å². The van der Waals surface area contributed by atoms with E-state index in [0.29, 0.717) is 5.75 Å². The van der Waals surface area contributed by atoms with E-state index in [2.05, 4.69) is 15.9 Å². The third-order valence-corrected chi connectivity index (χ3v) is 2.36. The van der Waals surface area contributed by atoms with Crippen LogP contribution >= 0.6 is 15.9 Å². The average Bonchev–Trinajstić information content (AvgIpc) is 2.21. The first-order chi connectivity index (χ1) is 7.13. The van der Waals surface area contributed by atoms with Crippen LogP contribution in [0.2, 0.25) is 0 Å². The van der Waals surface area contributed by atoms with Crippen molar-refractivity contribution in [3.05, 3.63) is 29.8 Å². The number of hydrogen-bond acceptors (Lipinski definition) is 2. The predicted octanol–water partition coefficient (Wildman–Crippen LogP) is 2.48. The Balaban J connectivity index is 2.60. The highest BCUT2D eigenvalue weighted by atomic mass is 79.9. The highest BCUT2D eigenvalue weighted by molar-refractivity contribution is 9.09. The van der Waals surface area contributed by atoms with E-state index < -0.39 is 12.1 Å². The van der Waals surface area contributed by atoms with Gasteiger partial charge < -0.3 is 9.84 Å². The SMILES string of the molecule is CC(Oc1ccc(CCBr)cc1)C(=O)O. The highest BCUT2D eigenvalue weighted by Gasteiger charge is 2.11. The van der Waals surface area contributed by atoms with Crippen molar-refractivity contribution in [2.75, 3.05) is 5.33 Å².